The van der Waals surface area contributed by atoms with E-state index in [1.54, 1.807) is 18.2 Å². The van der Waals surface area contributed by atoms with Crippen molar-refractivity contribution in [1.82, 2.24) is 5.32 Å². The second kappa shape index (κ2) is 5.85. The lowest BCUT2D eigenvalue weighted by atomic mass is 10.0. The van der Waals surface area contributed by atoms with Crippen LogP contribution in [0.25, 0.3) is 0 Å². The first-order chi connectivity index (χ1) is 8.70. The molecule has 1 heterocycles. The van der Waals surface area contributed by atoms with Crippen LogP contribution in [-0.2, 0) is 4.79 Å². The molecule has 2 N–H and O–H groups in total. The summed E-state index contributed by atoms with van der Waals surface area (Å²) >= 11 is 6.00. The molecule has 1 aromatic carbocycles. The van der Waals surface area contributed by atoms with Gasteiger partial charge in [-0.2, -0.15) is 5.26 Å². The van der Waals surface area contributed by atoms with Crippen LogP contribution in [0.3, 0.4) is 0 Å². The number of rotatable bonds is 2. The number of nitrogens with one attached hydrogen (secondary N) is 2. The van der Waals surface area contributed by atoms with Gasteiger partial charge in [-0.1, -0.05) is 18.0 Å². The van der Waals surface area contributed by atoms with Gasteiger partial charge in [-0.3, -0.25) is 4.79 Å². The Hall–Kier alpha value is -1.57. The van der Waals surface area contributed by atoms with Gasteiger partial charge in [0.25, 0.3) is 0 Å². The summed E-state index contributed by atoms with van der Waals surface area (Å²) in [5.41, 5.74) is 1.03. The third-order valence-corrected chi connectivity index (χ3v) is 3.30. The molecule has 0 aromatic heterocycles. The maximum absolute atomic E-state index is 12.0. The van der Waals surface area contributed by atoms with E-state index in [9.17, 15) is 4.79 Å². The molecule has 0 radical (unpaired) electrons. The van der Waals surface area contributed by atoms with Crippen LogP contribution in [0.4, 0.5) is 5.69 Å². The summed E-state index contributed by atoms with van der Waals surface area (Å²) in [5.74, 6) is -0.0682. The lowest BCUT2D eigenvalue weighted by molar-refractivity contribution is -0.118. The van der Waals surface area contributed by atoms with Crippen molar-refractivity contribution in [2.24, 2.45) is 0 Å². The summed E-state index contributed by atoms with van der Waals surface area (Å²) in [5, 5.41) is 15.1. The summed E-state index contributed by atoms with van der Waals surface area (Å²) in [7, 11) is 0. The van der Waals surface area contributed by atoms with Crippen LogP contribution in [0.1, 0.15) is 24.8 Å². The molecule has 1 aliphatic rings. The zero-order valence-corrected chi connectivity index (χ0v) is 10.6. The number of nitriles is 1. The van der Waals surface area contributed by atoms with E-state index in [1.165, 1.54) is 0 Å². The first-order valence-corrected chi connectivity index (χ1v) is 6.32. The van der Waals surface area contributed by atoms with Crippen LogP contribution < -0.4 is 10.6 Å². The zero-order chi connectivity index (χ0) is 13.0. The van der Waals surface area contributed by atoms with Gasteiger partial charge in [0.15, 0.2) is 0 Å². The summed E-state index contributed by atoms with van der Waals surface area (Å²) in [4.78, 5) is 12.0. The molecule has 1 amide bonds. The van der Waals surface area contributed by atoms with Gasteiger partial charge in [0, 0.05) is 0 Å². The number of halogens is 1. The molecule has 5 heteroatoms. The van der Waals surface area contributed by atoms with E-state index in [0.29, 0.717) is 16.3 Å². The molecule has 0 aliphatic carbocycles. The molecule has 1 aromatic rings. The number of benzene rings is 1. The van der Waals surface area contributed by atoms with Gasteiger partial charge in [-0.05, 0) is 37.6 Å². The zero-order valence-electron chi connectivity index (χ0n) is 9.87. The van der Waals surface area contributed by atoms with E-state index in [2.05, 4.69) is 10.6 Å². The lowest BCUT2D eigenvalue weighted by Gasteiger charge is -2.22. The van der Waals surface area contributed by atoms with Crippen molar-refractivity contribution < 1.29 is 4.79 Å². The smallest absolute Gasteiger partial charge is 0.241 e. The van der Waals surface area contributed by atoms with Crippen LogP contribution in [0, 0.1) is 11.3 Å². The average molecular weight is 264 g/mol. The van der Waals surface area contributed by atoms with Gasteiger partial charge >= 0.3 is 0 Å². The third-order valence-electron chi connectivity index (χ3n) is 2.98. The van der Waals surface area contributed by atoms with Crippen molar-refractivity contribution in [3.8, 4) is 6.07 Å². The van der Waals surface area contributed by atoms with Crippen molar-refractivity contribution in [1.29, 1.82) is 5.26 Å². The fourth-order valence-corrected chi connectivity index (χ4v) is 2.21. The molecule has 1 fully saturated rings. The van der Waals surface area contributed by atoms with Crippen molar-refractivity contribution in [2.45, 2.75) is 25.3 Å². The normalized spacial score (nSPS) is 19.0. The number of carbonyl (C=O) groups is 1. The molecule has 4 nitrogen and oxygen atoms in total. The minimum absolute atomic E-state index is 0.0682. The van der Waals surface area contributed by atoms with E-state index < -0.39 is 0 Å². The van der Waals surface area contributed by atoms with Gasteiger partial charge in [0.2, 0.25) is 5.91 Å². The maximum atomic E-state index is 12.0. The van der Waals surface area contributed by atoms with Gasteiger partial charge in [0.05, 0.1) is 28.4 Å². The fraction of sp³-hybridized carbons (Fsp3) is 0.385. The van der Waals surface area contributed by atoms with Gasteiger partial charge in [-0.25, -0.2) is 0 Å². The summed E-state index contributed by atoms with van der Waals surface area (Å²) in [6, 6.07) is 6.69. The Bertz CT molecular complexity index is 489. The first-order valence-electron chi connectivity index (χ1n) is 5.94. The van der Waals surface area contributed by atoms with Crippen LogP contribution in [0.15, 0.2) is 18.2 Å². The highest BCUT2D eigenvalue weighted by molar-refractivity contribution is 6.33. The van der Waals surface area contributed by atoms with Crippen molar-refractivity contribution in [3.05, 3.63) is 28.8 Å². The Labute approximate surface area is 111 Å². The SMILES string of the molecule is N#Cc1ccc(NC(=O)[C@@H]2CCCCN2)c(Cl)c1. The van der Waals surface area contributed by atoms with E-state index in [4.69, 9.17) is 16.9 Å². The van der Waals surface area contributed by atoms with Crippen LogP contribution >= 0.6 is 11.6 Å². The fourth-order valence-electron chi connectivity index (χ4n) is 1.98. The Balaban J connectivity index is 2.04. The number of carbonyl (C=O) groups excluding carboxylic acids is 1. The molecule has 0 saturated carbocycles. The Morgan fingerprint density at radius 1 is 1.50 bits per heavy atom. The highest BCUT2D eigenvalue weighted by Crippen LogP contribution is 2.23. The largest absolute Gasteiger partial charge is 0.323 e. The third kappa shape index (κ3) is 3.00. The van der Waals surface area contributed by atoms with Gasteiger partial charge < -0.3 is 10.6 Å². The van der Waals surface area contributed by atoms with Gasteiger partial charge in [-0.15, -0.1) is 0 Å². The second-order valence-electron chi connectivity index (χ2n) is 4.30. The number of hydrogen-bond donors (Lipinski definition) is 2. The standard InChI is InChI=1S/C13H14ClN3O/c14-10-7-9(8-15)4-5-11(10)17-13(18)12-3-1-2-6-16-12/h4-5,7,12,16H,1-3,6H2,(H,17,18)/t12-/m0/s1. The molecule has 1 atom stereocenters. The number of nitrogens with zero attached hydrogens (tertiary/aromatic N) is 1. The second-order valence-corrected chi connectivity index (χ2v) is 4.71. The Morgan fingerprint density at radius 2 is 2.33 bits per heavy atom. The van der Waals surface area contributed by atoms with E-state index in [0.717, 1.165) is 25.8 Å². The number of anilines is 1. The monoisotopic (exact) mass is 263 g/mol. The van der Waals surface area contributed by atoms with Crippen LogP contribution in [-0.4, -0.2) is 18.5 Å². The predicted molar refractivity (Wildman–Crippen MR) is 70.4 cm³/mol. The predicted octanol–water partition coefficient (Wildman–Crippen LogP) is 2.29. The molecule has 2 rings (SSSR count). The van der Waals surface area contributed by atoms with E-state index >= 15 is 0 Å². The number of amides is 1. The highest BCUT2D eigenvalue weighted by Gasteiger charge is 2.20. The van der Waals surface area contributed by atoms with Crippen LogP contribution in [0.2, 0.25) is 5.02 Å². The Morgan fingerprint density at radius 3 is 2.94 bits per heavy atom. The molecule has 18 heavy (non-hydrogen) atoms. The highest BCUT2D eigenvalue weighted by atomic mass is 35.5. The topological polar surface area (TPSA) is 64.9 Å². The molecule has 1 aliphatic heterocycles. The average Bonchev–Trinajstić information content (AvgIpc) is 2.42. The molecular weight excluding hydrogens is 250 g/mol. The summed E-state index contributed by atoms with van der Waals surface area (Å²) in [6.45, 7) is 0.874. The summed E-state index contributed by atoms with van der Waals surface area (Å²) < 4.78 is 0. The molecule has 1 saturated heterocycles. The molecule has 94 valence electrons. The minimum Gasteiger partial charge on any atom is -0.323 e. The molecule has 0 bridgehead atoms. The number of piperidine rings is 1. The minimum atomic E-state index is -0.148. The van der Waals surface area contributed by atoms with E-state index in [1.807, 2.05) is 6.07 Å². The van der Waals surface area contributed by atoms with Crippen molar-refractivity contribution in [2.75, 3.05) is 11.9 Å². The number of hydrogen-bond acceptors (Lipinski definition) is 3. The molecule has 0 spiro atoms. The molecular formula is C13H14ClN3O. The lowest BCUT2D eigenvalue weighted by Crippen LogP contribution is -2.43. The molecule has 0 unspecified atom stereocenters. The van der Waals surface area contributed by atoms with E-state index in [-0.39, 0.29) is 11.9 Å². The summed E-state index contributed by atoms with van der Waals surface area (Å²) in [6.07, 6.45) is 3.02. The quantitative estimate of drug-likeness (QED) is 0.860. The van der Waals surface area contributed by atoms with Gasteiger partial charge in [0.1, 0.15) is 0 Å². The van der Waals surface area contributed by atoms with Crippen LogP contribution in [0.5, 0.6) is 0 Å². The Kier molecular flexibility index (Phi) is 4.19. The van der Waals surface area contributed by atoms with Crippen molar-refractivity contribution >= 4 is 23.2 Å². The maximum Gasteiger partial charge on any atom is 0.241 e. The van der Waals surface area contributed by atoms with Crippen molar-refractivity contribution in [3.63, 3.8) is 0 Å². The first kappa shape index (κ1) is 12.9.